The van der Waals surface area contributed by atoms with Gasteiger partial charge in [0.25, 0.3) is 0 Å². The van der Waals surface area contributed by atoms with Crippen LogP contribution >= 0.6 is 0 Å². The Morgan fingerprint density at radius 1 is 1.00 bits per heavy atom. The van der Waals surface area contributed by atoms with Crippen molar-refractivity contribution in [3.05, 3.63) is 29.8 Å². The summed E-state index contributed by atoms with van der Waals surface area (Å²) in [7, 11) is 0. The van der Waals surface area contributed by atoms with Crippen molar-refractivity contribution in [2.24, 2.45) is 17.6 Å². The molecule has 2 N–H and O–H groups in total. The maximum atomic E-state index is 12.4. The lowest BCUT2D eigenvalue weighted by Gasteiger charge is -2.18. The first-order valence-electron chi connectivity index (χ1n) is 5.63. The monoisotopic (exact) mass is 270 g/mol. The number of imide groups is 1. The molecule has 1 heterocycles. The first-order chi connectivity index (χ1) is 8.82. The second-order valence-corrected chi connectivity index (χ2v) is 4.69. The van der Waals surface area contributed by atoms with E-state index in [1.807, 2.05) is 0 Å². The van der Waals surface area contributed by atoms with E-state index in [0.29, 0.717) is 0 Å². The highest BCUT2D eigenvalue weighted by Crippen LogP contribution is 2.47. The molecular weight excluding hydrogens is 261 g/mol. The predicted octanol–water partition coefficient (Wildman–Crippen LogP) is 1.15. The highest BCUT2D eigenvalue weighted by molar-refractivity contribution is 6.25. The molecule has 2 fully saturated rings. The fraction of sp³-hybridized carbons (Fsp3) is 0.333. The number of carbonyl (C=O) groups excluding carboxylic acids is 2. The van der Waals surface area contributed by atoms with Crippen LogP contribution < -0.4 is 10.6 Å². The average Bonchev–Trinajstić information content (AvgIpc) is 2.91. The number of anilines is 1. The molecule has 2 amide bonds. The second kappa shape index (κ2) is 3.57. The van der Waals surface area contributed by atoms with Crippen molar-refractivity contribution in [2.45, 2.75) is 12.2 Å². The number of alkyl halides is 3. The van der Waals surface area contributed by atoms with Gasteiger partial charge in [-0.05, 0) is 24.3 Å². The summed E-state index contributed by atoms with van der Waals surface area (Å²) in [6, 6.07) is 3.49. The molecule has 0 spiro atoms. The van der Waals surface area contributed by atoms with Crippen LogP contribution in [0.15, 0.2) is 24.3 Å². The Morgan fingerprint density at radius 2 is 1.47 bits per heavy atom. The van der Waals surface area contributed by atoms with Gasteiger partial charge in [-0.2, -0.15) is 13.2 Å². The third-order valence-corrected chi connectivity index (χ3v) is 3.54. The summed E-state index contributed by atoms with van der Waals surface area (Å²) < 4.78 is 37.2. The maximum Gasteiger partial charge on any atom is 0.416 e. The Hall–Kier alpha value is -1.89. The van der Waals surface area contributed by atoms with E-state index in [1.165, 1.54) is 0 Å². The van der Waals surface area contributed by atoms with E-state index in [9.17, 15) is 22.8 Å². The lowest BCUT2D eigenvalue weighted by atomic mass is 10.2. The van der Waals surface area contributed by atoms with E-state index in [-0.39, 0.29) is 5.69 Å². The highest BCUT2D eigenvalue weighted by Gasteiger charge is 2.66. The van der Waals surface area contributed by atoms with Crippen LogP contribution in [-0.4, -0.2) is 17.9 Å². The average molecular weight is 270 g/mol. The SMILES string of the molecule is NC1C2C(=O)N(c3ccc(C(F)(F)F)cc3)C(=O)C12. The van der Waals surface area contributed by atoms with Gasteiger partial charge in [-0.15, -0.1) is 0 Å². The molecule has 19 heavy (non-hydrogen) atoms. The van der Waals surface area contributed by atoms with Crippen molar-refractivity contribution in [3.8, 4) is 0 Å². The van der Waals surface area contributed by atoms with Crippen LogP contribution in [0.4, 0.5) is 18.9 Å². The number of nitrogens with two attached hydrogens (primary N) is 1. The van der Waals surface area contributed by atoms with Crippen LogP contribution in [0.5, 0.6) is 0 Å². The minimum atomic E-state index is -4.44. The molecule has 2 unspecified atom stereocenters. The molecule has 3 rings (SSSR count). The number of benzene rings is 1. The van der Waals surface area contributed by atoms with E-state index in [0.717, 1.165) is 29.2 Å². The topological polar surface area (TPSA) is 63.4 Å². The van der Waals surface area contributed by atoms with Gasteiger partial charge < -0.3 is 5.73 Å². The first-order valence-corrected chi connectivity index (χ1v) is 5.63. The van der Waals surface area contributed by atoms with Gasteiger partial charge in [0.1, 0.15) is 0 Å². The molecule has 0 bridgehead atoms. The van der Waals surface area contributed by atoms with Crippen LogP contribution in [0.1, 0.15) is 5.56 Å². The van der Waals surface area contributed by atoms with E-state index >= 15 is 0 Å². The maximum absolute atomic E-state index is 12.4. The number of hydrogen-bond acceptors (Lipinski definition) is 3. The lowest BCUT2D eigenvalue weighted by Crippen LogP contribution is -2.37. The van der Waals surface area contributed by atoms with E-state index in [1.54, 1.807) is 0 Å². The molecule has 0 radical (unpaired) electrons. The van der Waals surface area contributed by atoms with Gasteiger partial charge >= 0.3 is 6.18 Å². The van der Waals surface area contributed by atoms with E-state index in [2.05, 4.69) is 0 Å². The molecule has 2 aliphatic rings. The molecule has 1 aliphatic heterocycles. The van der Waals surface area contributed by atoms with Gasteiger partial charge in [-0.1, -0.05) is 0 Å². The first kappa shape index (κ1) is 12.2. The molecule has 100 valence electrons. The summed E-state index contributed by atoms with van der Waals surface area (Å²) in [5.74, 6) is -1.87. The largest absolute Gasteiger partial charge is 0.416 e. The van der Waals surface area contributed by atoms with E-state index < -0.39 is 41.4 Å². The number of amides is 2. The smallest absolute Gasteiger partial charge is 0.326 e. The second-order valence-electron chi connectivity index (χ2n) is 4.69. The minimum Gasteiger partial charge on any atom is -0.326 e. The van der Waals surface area contributed by atoms with Crippen LogP contribution in [0.25, 0.3) is 0 Å². The number of carbonyl (C=O) groups is 2. The molecule has 1 saturated carbocycles. The summed E-state index contributed by atoms with van der Waals surface area (Å²) in [6.45, 7) is 0. The fourth-order valence-corrected chi connectivity index (χ4v) is 2.43. The van der Waals surface area contributed by atoms with Crippen LogP contribution in [0.2, 0.25) is 0 Å². The number of rotatable bonds is 1. The Labute approximate surface area is 106 Å². The fourth-order valence-electron chi connectivity index (χ4n) is 2.43. The zero-order valence-electron chi connectivity index (χ0n) is 9.52. The van der Waals surface area contributed by atoms with Crippen LogP contribution in [0.3, 0.4) is 0 Å². The van der Waals surface area contributed by atoms with Crippen LogP contribution in [-0.2, 0) is 15.8 Å². The molecular formula is C12H9F3N2O2. The van der Waals surface area contributed by atoms with E-state index in [4.69, 9.17) is 5.73 Å². The van der Waals surface area contributed by atoms with Gasteiger partial charge in [-0.25, -0.2) is 4.90 Å². The molecule has 7 heteroatoms. The third kappa shape index (κ3) is 1.65. The molecule has 2 atom stereocenters. The Bertz CT molecular complexity index is 545. The Morgan fingerprint density at radius 3 is 1.89 bits per heavy atom. The lowest BCUT2D eigenvalue weighted by molar-refractivity contribution is -0.137. The molecule has 1 aromatic rings. The summed E-state index contributed by atoms with van der Waals surface area (Å²) in [6.07, 6.45) is -4.44. The van der Waals surface area contributed by atoms with Crippen molar-refractivity contribution < 1.29 is 22.8 Å². The van der Waals surface area contributed by atoms with Crippen molar-refractivity contribution >= 4 is 17.5 Å². The number of hydrogen-bond donors (Lipinski definition) is 1. The summed E-state index contributed by atoms with van der Waals surface area (Å²) >= 11 is 0. The minimum absolute atomic E-state index is 0.155. The normalized spacial score (nSPS) is 29.7. The number of fused-ring (bicyclic) bond motifs is 1. The zero-order valence-corrected chi connectivity index (χ0v) is 9.52. The van der Waals surface area contributed by atoms with Gasteiger partial charge in [0, 0.05) is 6.04 Å². The summed E-state index contributed by atoms with van der Waals surface area (Å²) in [4.78, 5) is 24.6. The van der Waals surface area contributed by atoms with Crippen molar-refractivity contribution in [1.29, 1.82) is 0 Å². The van der Waals surface area contributed by atoms with Gasteiger partial charge in [0.2, 0.25) is 11.8 Å². The number of nitrogens with zero attached hydrogens (tertiary/aromatic N) is 1. The van der Waals surface area contributed by atoms with Gasteiger partial charge in [-0.3, -0.25) is 9.59 Å². The number of piperidine rings is 1. The zero-order chi connectivity index (χ0) is 13.9. The van der Waals surface area contributed by atoms with Gasteiger partial charge in [0.15, 0.2) is 0 Å². The Kier molecular flexibility index (Phi) is 2.28. The van der Waals surface area contributed by atoms with Crippen molar-refractivity contribution in [3.63, 3.8) is 0 Å². The molecule has 1 aliphatic carbocycles. The van der Waals surface area contributed by atoms with Crippen molar-refractivity contribution in [1.82, 2.24) is 0 Å². The molecule has 1 saturated heterocycles. The van der Waals surface area contributed by atoms with Crippen molar-refractivity contribution in [2.75, 3.05) is 4.90 Å². The third-order valence-electron chi connectivity index (χ3n) is 3.54. The summed E-state index contributed by atoms with van der Waals surface area (Å²) in [5.41, 5.74) is 4.89. The predicted molar refractivity (Wildman–Crippen MR) is 58.9 cm³/mol. The number of halogens is 3. The summed E-state index contributed by atoms with van der Waals surface area (Å²) in [5, 5.41) is 0. The molecule has 4 nitrogen and oxygen atoms in total. The van der Waals surface area contributed by atoms with Gasteiger partial charge in [0.05, 0.1) is 23.1 Å². The standard InChI is InChI=1S/C12H9F3N2O2/c13-12(14,15)5-1-3-6(4-2-5)17-10(18)7-8(9(7)16)11(17)19/h1-4,7-9H,16H2. The highest BCUT2D eigenvalue weighted by atomic mass is 19.4. The Balaban J connectivity index is 1.88. The quantitative estimate of drug-likeness (QED) is 0.779. The van der Waals surface area contributed by atoms with Crippen LogP contribution in [0, 0.1) is 11.8 Å². The molecule has 1 aromatic carbocycles. The molecule has 0 aromatic heterocycles.